The average molecular weight is 281 g/mol. The van der Waals surface area contributed by atoms with Crippen molar-refractivity contribution in [2.24, 2.45) is 7.05 Å². The van der Waals surface area contributed by atoms with Crippen molar-refractivity contribution in [3.63, 3.8) is 0 Å². The molecule has 84 valence electrons. The average Bonchev–Trinajstić information content (AvgIpc) is 2.67. The molecular formula is C11H13BrN4. The number of halogens is 1. The molecule has 0 aliphatic carbocycles. The van der Waals surface area contributed by atoms with Crippen LogP contribution in [0, 0.1) is 0 Å². The van der Waals surface area contributed by atoms with Crippen LogP contribution in [0.1, 0.15) is 11.4 Å². The van der Waals surface area contributed by atoms with E-state index in [-0.39, 0.29) is 0 Å². The van der Waals surface area contributed by atoms with Crippen LogP contribution in [-0.4, -0.2) is 14.8 Å². The van der Waals surface area contributed by atoms with Crippen LogP contribution >= 0.6 is 15.9 Å². The van der Waals surface area contributed by atoms with Gasteiger partial charge in [0.25, 0.3) is 0 Å². The Bertz CT molecular complexity index is 467. The molecule has 2 rings (SSSR count). The molecule has 0 saturated heterocycles. The maximum absolute atomic E-state index is 4.20. The SMILES string of the molecule is Cn1cnc(CNCc2ccccc2Br)n1. The van der Waals surface area contributed by atoms with Gasteiger partial charge in [0.1, 0.15) is 6.33 Å². The lowest BCUT2D eigenvalue weighted by Gasteiger charge is -2.04. The lowest BCUT2D eigenvalue weighted by Crippen LogP contribution is -2.14. The van der Waals surface area contributed by atoms with E-state index in [4.69, 9.17) is 0 Å². The Morgan fingerprint density at radius 2 is 2.12 bits per heavy atom. The Labute approximate surface area is 103 Å². The summed E-state index contributed by atoms with van der Waals surface area (Å²) in [5.41, 5.74) is 1.23. The van der Waals surface area contributed by atoms with Gasteiger partial charge in [0.2, 0.25) is 0 Å². The Morgan fingerprint density at radius 3 is 2.81 bits per heavy atom. The molecule has 0 bridgehead atoms. The predicted octanol–water partition coefficient (Wildman–Crippen LogP) is 1.87. The van der Waals surface area contributed by atoms with E-state index in [1.807, 2.05) is 25.2 Å². The van der Waals surface area contributed by atoms with E-state index in [0.717, 1.165) is 16.8 Å². The highest BCUT2D eigenvalue weighted by Gasteiger charge is 2.00. The molecule has 0 aliphatic heterocycles. The van der Waals surface area contributed by atoms with E-state index < -0.39 is 0 Å². The first-order chi connectivity index (χ1) is 7.75. The molecule has 16 heavy (non-hydrogen) atoms. The van der Waals surface area contributed by atoms with Crippen molar-refractivity contribution in [3.8, 4) is 0 Å². The summed E-state index contributed by atoms with van der Waals surface area (Å²) in [4.78, 5) is 4.15. The third kappa shape index (κ3) is 2.90. The van der Waals surface area contributed by atoms with Crippen molar-refractivity contribution in [2.75, 3.05) is 0 Å². The zero-order chi connectivity index (χ0) is 11.4. The fourth-order valence-electron chi connectivity index (χ4n) is 1.42. The predicted molar refractivity (Wildman–Crippen MR) is 65.7 cm³/mol. The summed E-state index contributed by atoms with van der Waals surface area (Å²) in [6.07, 6.45) is 1.70. The van der Waals surface area contributed by atoms with Crippen molar-refractivity contribution >= 4 is 15.9 Å². The molecule has 0 amide bonds. The first-order valence-corrected chi connectivity index (χ1v) is 5.83. The lowest BCUT2D eigenvalue weighted by molar-refractivity contribution is 0.648. The number of aromatic nitrogens is 3. The third-order valence-electron chi connectivity index (χ3n) is 2.20. The quantitative estimate of drug-likeness (QED) is 0.930. The minimum atomic E-state index is 0.683. The van der Waals surface area contributed by atoms with Gasteiger partial charge in [-0.25, -0.2) is 4.98 Å². The number of hydrogen-bond acceptors (Lipinski definition) is 3. The van der Waals surface area contributed by atoms with Gasteiger partial charge >= 0.3 is 0 Å². The van der Waals surface area contributed by atoms with Crippen LogP contribution in [0.4, 0.5) is 0 Å². The molecule has 1 aromatic carbocycles. The Kier molecular flexibility index (Phi) is 3.69. The van der Waals surface area contributed by atoms with Gasteiger partial charge in [0.05, 0.1) is 6.54 Å². The molecule has 0 atom stereocenters. The molecule has 1 heterocycles. The van der Waals surface area contributed by atoms with Crippen molar-refractivity contribution in [3.05, 3.63) is 46.5 Å². The van der Waals surface area contributed by atoms with Crippen LogP contribution in [0.25, 0.3) is 0 Å². The molecule has 0 fully saturated rings. The number of benzene rings is 1. The highest BCUT2D eigenvalue weighted by Crippen LogP contribution is 2.15. The number of hydrogen-bond donors (Lipinski definition) is 1. The molecule has 2 aromatic rings. The zero-order valence-electron chi connectivity index (χ0n) is 9.02. The first-order valence-electron chi connectivity index (χ1n) is 5.04. The van der Waals surface area contributed by atoms with E-state index in [1.54, 1.807) is 11.0 Å². The summed E-state index contributed by atoms with van der Waals surface area (Å²) in [6.45, 7) is 1.49. The summed E-state index contributed by atoms with van der Waals surface area (Å²) in [5, 5.41) is 7.50. The Morgan fingerprint density at radius 1 is 1.31 bits per heavy atom. The second-order valence-electron chi connectivity index (χ2n) is 3.53. The fraction of sp³-hybridized carbons (Fsp3) is 0.273. The standard InChI is InChI=1S/C11H13BrN4/c1-16-8-14-11(15-16)7-13-6-9-4-2-3-5-10(9)12/h2-5,8,13H,6-7H2,1H3. The van der Waals surface area contributed by atoms with Gasteiger partial charge in [-0.15, -0.1) is 0 Å². The molecule has 1 aromatic heterocycles. The van der Waals surface area contributed by atoms with Crippen molar-refractivity contribution < 1.29 is 0 Å². The molecule has 0 saturated carbocycles. The number of rotatable bonds is 4. The van der Waals surface area contributed by atoms with E-state index in [2.05, 4.69) is 37.4 Å². The normalized spacial score (nSPS) is 10.6. The fourth-order valence-corrected chi connectivity index (χ4v) is 1.84. The summed E-state index contributed by atoms with van der Waals surface area (Å²) in [6, 6.07) is 8.16. The number of nitrogens with one attached hydrogen (secondary N) is 1. The Balaban J connectivity index is 1.87. The maximum Gasteiger partial charge on any atom is 0.164 e. The van der Waals surface area contributed by atoms with Gasteiger partial charge in [-0.2, -0.15) is 5.10 Å². The van der Waals surface area contributed by atoms with Crippen molar-refractivity contribution in [1.82, 2.24) is 20.1 Å². The van der Waals surface area contributed by atoms with Crippen molar-refractivity contribution in [1.29, 1.82) is 0 Å². The molecular weight excluding hydrogens is 268 g/mol. The number of aryl methyl sites for hydroxylation is 1. The van der Waals surface area contributed by atoms with Crippen LogP contribution in [-0.2, 0) is 20.1 Å². The molecule has 0 aliphatic rings. The van der Waals surface area contributed by atoms with Crippen LogP contribution in [0.3, 0.4) is 0 Å². The monoisotopic (exact) mass is 280 g/mol. The van der Waals surface area contributed by atoms with Gasteiger partial charge in [-0.3, -0.25) is 4.68 Å². The first kappa shape index (κ1) is 11.3. The summed E-state index contributed by atoms with van der Waals surface area (Å²) >= 11 is 3.51. The minimum Gasteiger partial charge on any atom is -0.306 e. The topological polar surface area (TPSA) is 42.7 Å². The van der Waals surface area contributed by atoms with E-state index in [1.165, 1.54) is 5.56 Å². The third-order valence-corrected chi connectivity index (χ3v) is 2.98. The largest absolute Gasteiger partial charge is 0.306 e. The summed E-state index contributed by atoms with van der Waals surface area (Å²) < 4.78 is 2.83. The van der Waals surface area contributed by atoms with E-state index in [0.29, 0.717) is 6.54 Å². The smallest absolute Gasteiger partial charge is 0.164 e. The second kappa shape index (κ2) is 5.23. The van der Waals surface area contributed by atoms with Crippen LogP contribution < -0.4 is 5.32 Å². The highest BCUT2D eigenvalue weighted by atomic mass is 79.9. The molecule has 5 heteroatoms. The molecule has 1 N–H and O–H groups in total. The molecule has 0 unspecified atom stereocenters. The number of nitrogens with zero attached hydrogens (tertiary/aromatic N) is 3. The van der Waals surface area contributed by atoms with E-state index in [9.17, 15) is 0 Å². The molecule has 0 spiro atoms. The summed E-state index contributed by atoms with van der Waals surface area (Å²) in [7, 11) is 1.87. The van der Waals surface area contributed by atoms with Gasteiger partial charge in [0.15, 0.2) is 5.82 Å². The van der Waals surface area contributed by atoms with Crippen LogP contribution in [0.15, 0.2) is 35.1 Å². The van der Waals surface area contributed by atoms with Gasteiger partial charge in [-0.05, 0) is 11.6 Å². The lowest BCUT2D eigenvalue weighted by atomic mass is 10.2. The van der Waals surface area contributed by atoms with E-state index >= 15 is 0 Å². The molecule has 4 nitrogen and oxygen atoms in total. The maximum atomic E-state index is 4.20. The Hall–Kier alpha value is -1.20. The highest BCUT2D eigenvalue weighted by molar-refractivity contribution is 9.10. The minimum absolute atomic E-state index is 0.683. The zero-order valence-corrected chi connectivity index (χ0v) is 10.6. The molecule has 0 radical (unpaired) electrons. The van der Waals surface area contributed by atoms with Gasteiger partial charge in [0, 0.05) is 18.1 Å². The van der Waals surface area contributed by atoms with Crippen LogP contribution in [0.5, 0.6) is 0 Å². The summed E-state index contributed by atoms with van der Waals surface area (Å²) in [5.74, 6) is 0.814. The van der Waals surface area contributed by atoms with Gasteiger partial charge < -0.3 is 5.32 Å². The van der Waals surface area contributed by atoms with Crippen molar-refractivity contribution in [2.45, 2.75) is 13.1 Å². The van der Waals surface area contributed by atoms with Crippen LogP contribution in [0.2, 0.25) is 0 Å². The van der Waals surface area contributed by atoms with Gasteiger partial charge in [-0.1, -0.05) is 34.1 Å². The second-order valence-corrected chi connectivity index (χ2v) is 4.38.